The summed E-state index contributed by atoms with van der Waals surface area (Å²) < 4.78 is 0. The van der Waals surface area contributed by atoms with E-state index < -0.39 is 0 Å². The average Bonchev–Trinajstić information content (AvgIpc) is 2.91. The van der Waals surface area contributed by atoms with Crippen LogP contribution in [0.15, 0.2) is 24.3 Å². The van der Waals surface area contributed by atoms with Gasteiger partial charge in [-0.05, 0) is 31.4 Å². The molecule has 1 aliphatic rings. The summed E-state index contributed by atoms with van der Waals surface area (Å²) in [6.07, 6.45) is 7.63. The van der Waals surface area contributed by atoms with Crippen molar-refractivity contribution < 1.29 is 4.92 Å². The van der Waals surface area contributed by atoms with Gasteiger partial charge in [0.2, 0.25) is 0 Å². The normalized spacial score (nSPS) is 17.5. The van der Waals surface area contributed by atoms with Gasteiger partial charge in [-0.2, -0.15) is 0 Å². The maximum absolute atomic E-state index is 10.6. The Morgan fingerprint density at radius 2 is 1.95 bits per heavy atom. The lowest BCUT2D eigenvalue weighted by atomic mass is 9.94. The molecule has 1 unspecified atom stereocenters. The number of nitro benzene ring substituents is 1. The largest absolute Gasteiger partial charge is 0.317 e. The third kappa shape index (κ3) is 4.03. The van der Waals surface area contributed by atoms with E-state index in [9.17, 15) is 10.1 Å². The van der Waals surface area contributed by atoms with E-state index in [1.54, 1.807) is 12.1 Å². The van der Waals surface area contributed by atoms with E-state index >= 15 is 0 Å². The molecule has 104 valence electrons. The molecular formula is C15H22N2O2. The Morgan fingerprint density at radius 1 is 1.32 bits per heavy atom. The Balaban J connectivity index is 1.91. The van der Waals surface area contributed by atoms with Crippen LogP contribution in [0, 0.1) is 16.0 Å². The molecule has 1 aromatic carbocycles. The van der Waals surface area contributed by atoms with Crippen LogP contribution in [0.4, 0.5) is 5.69 Å². The second-order valence-corrected chi connectivity index (χ2v) is 5.50. The van der Waals surface area contributed by atoms with Gasteiger partial charge in [0.25, 0.3) is 5.69 Å². The zero-order valence-corrected chi connectivity index (χ0v) is 11.5. The SMILES string of the molecule is CNC(Cc1ccc([N+](=O)[O-])cc1)CC1CCCC1. The molecule has 19 heavy (non-hydrogen) atoms. The molecule has 2 rings (SSSR count). The lowest BCUT2D eigenvalue weighted by Crippen LogP contribution is -2.29. The lowest BCUT2D eigenvalue weighted by Gasteiger charge is -2.20. The zero-order chi connectivity index (χ0) is 13.7. The van der Waals surface area contributed by atoms with Gasteiger partial charge in [-0.25, -0.2) is 0 Å². The summed E-state index contributed by atoms with van der Waals surface area (Å²) in [6.45, 7) is 0. The van der Waals surface area contributed by atoms with E-state index in [2.05, 4.69) is 5.32 Å². The number of nitrogens with one attached hydrogen (secondary N) is 1. The summed E-state index contributed by atoms with van der Waals surface area (Å²) in [7, 11) is 2.00. The molecule has 1 fully saturated rings. The minimum atomic E-state index is -0.349. The third-order valence-corrected chi connectivity index (χ3v) is 4.13. The number of hydrogen-bond donors (Lipinski definition) is 1. The highest BCUT2D eigenvalue weighted by atomic mass is 16.6. The molecule has 0 aliphatic heterocycles. The van der Waals surface area contributed by atoms with E-state index in [0.717, 1.165) is 12.3 Å². The van der Waals surface area contributed by atoms with Gasteiger partial charge in [0.05, 0.1) is 4.92 Å². The van der Waals surface area contributed by atoms with Crippen molar-refractivity contribution in [2.24, 2.45) is 5.92 Å². The predicted molar refractivity (Wildman–Crippen MR) is 76.2 cm³/mol. The van der Waals surface area contributed by atoms with Crippen molar-refractivity contribution in [2.75, 3.05) is 7.05 Å². The average molecular weight is 262 g/mol. The number of benzene rings is 1. The molecule has 1 aliphatic carbocycles. The van der Waals surface area contributed by atoms with Crippen molar-refractivity contribution in [2.45, 2.75) is 44.6 Å². The fourth-order valence-corrected chi connectivity index (χ4v) is 2.99. The first-order valence-electron chi connectivity index (χ1n) is 7.09. The van der Waals surface area contributed by atoms with Gasteiger partial charge in [0.15, 0.2) is 0 Å². The maximum Gasteiger partial charge on any atom is 0.269 e. The molecule has 0 spiro atoms. The van der Waals surface area contributed by atoms with Crippen LogP contribution in [0.1, 0.15) is 37.7 Å². The highest BCUT2D eigenvalue weighted by Crippen LogP contribution is 2.29. The second kappa shape index (κ2) is 6.66. The third-order valence-electron chi connectivity index (χ3n) is 4.13. The molecule has 1 atom stereocenters. The topological polar surface area (TPSA) is 55.2 Å². The number of nitrogens with zero attached hydrogens (tertiary/aromatic N) is 1. The molecule has 0 radical (unpaired) electrons. The fraction of sp³-hybridized carbons (Fsp3) is 0.600. The number of nitro groups is 1. The van der Waals surface area contributed by atoms with Crippen molar-refractivity contribution in [3.8, 4) is 0 Å². The smallest absolute Gasteiger partial charge is 0.269 e. The molecule has 1 N–H and O–H groups in total. The standard InChI is InChI=1S/C15H22N2O2/c1-16-14(10-12-4-2-3-5-12)11-13-6-8-15(9-7-13)17(18)19/h6-9,12,14,16H,2-5,10-11H2,1H3. The van der Waals surface area contributed by atoms with Crippen molar-refractivity contribution in [3.05, 3.63) is 39.9 Å². The molecule has 1 aromatic rings. The minimum Gasteiger partial charge on any atom is -0.317 e. The first kappa shape index (κ1) is 14.0. The molecular weight excluding hydrogens is 240 g/mol. The fourth-order valence-electron chi connectivity index (χ4n) is 2.99. The summed E-state index contributed by atoms with van der Waals surface area (Å²) >= 11 is 0. The van der Waals surface area contributed by atoms with Gasteiger partial charge in [-0.3, -0.25) is 10.1 Å². The Kier molecular flexibility index (Phi) is 4.91. The summed E-state index contributed by atoms with van der Waals surface area (Å²) in [5.41, 5.74) is 1.34. The first-order chi connectivity index (χ1) is 9.19. The van der Waals surface area contributed by atoms with Gasteiger partial charge >= 0.3 is 0 Å². The summed E-state index contributed by atoms with van der Waals surface area (Å²) in [6, 6.07) is 7.41. The molecule has 0 bridgehead atoms. The Bertz CT molecular complexity index is 411. The van der Waals surface area contributed by atoms with E-state index in [4.69, 9.17) is 0 Å². The molecule has 0 heterocycles. The van der Waals surface area contributed by atoms with Crippen molar-refractivity contribution >= 4 is 5.69 Å². The van der Waals surface area contributed by atoms with E-state index in [-0.39, 0.29) is 10.6 Å². The van der Waals surface area contributed by atoms with Crippen LogP contribution in [0.5, 0.6) is 0 Å². The van der Waals surface area contributed by atoms with Crippen molar-refractivity contribution in [1.82, 2.24) is 5.32 Å². The Morgan fingerprint density at radius 3 is 2.47 bits per heavy atom. The van der Waals surface area contributed by atoms with Crippen molar-refractivity contribution in [3.63, 3.8) is 0 Å². The van der Waals surface area contributed by atoms with Crippen LogP contribution in [0.25, 0.3) is 0 Å². The van der Waals surface area contributed by atoms with Crippen LogP contribution in [0.3, 0.4) is 0 Å². The molecule has 0 saturated heterocycles. The zero-order valence-electron chi connectivity index (χ0n) is 11.5. The van der Waals surface area contributed by atoms with E-state index in [1.807, 2.05) is 19.2 Å². The monoisotopic (exact) mass is 262 g/mol. The number of non-ortho nitro benzene ring substituents is 1. The van der Waals surface area contributed by atoms with Crippen LogP contribution in [-0.4, -0.2) is 18.0 Å². The predicted octanol–water partition coefficient (Wildman–Crippen LogP) is 3.31. The number of likely N-dealkylation sites (N-methyl/N-ethyl adjacent to an activating group) is 1. The summed E-state index contributed by atoms with van der Waals surface area (Å²) in [4.78, 5) is 10.3. The quantitative estimate of drug-likeness (QED) is 0.632. The van der Waals surface area contributed by atoms with E-state index in [0.29, 0.717) is 6.04 Å². The summed E-state index contributed by atoms with van der Waals surface area (Å²) in [5, 5.41) is 14.0. The lowest BCUT2D eigenvalue weighted by molar-refractivity contribution is -0.384. The molecule has 0 amide bonds. The second-order valence-electron chi connectivity index (χ2n) is 5.50. The van der Waals surface area contributed by atoms with Gasteiger partial charge in [-0.15, -0.1) is 0 Å². The molecule has 0 aromatic heterocycles. The van der Waals surface area contributed by atoms with Crippen LogP contribution >= 0.6 is 0 Å². The number of hydrogen-bond acceptors (Lipinski definition) is 3. The Hall–Kier alpha value is -1.42. The van der Waals surface area contributed by atoms with Crippen LogP contribution < -0.4 is 5.32 Å². The van der Waals surface area contributed by atoms with Crippen LogP contribution in [-0.2, 0) is 6.42 Å². The Labute approximate surface area is 114 Å². The highest BCUT2D eigenvalue weighted by Gasteiger charge is 2.19. The van der Waals surface area contributed by atoms with Gasteiger partial charge in [0.1, 0.15) is 0 Å². The van der Waals surface area contributed by atoms with Gasteiger partial charge in [0, 0.05) is 18.2 Å². The highest BCUT2D eigenvalue weighted by molar-refractivity contribution is 5.33. The molecule has 4 heteroatoms. The van der Waals surface area contributed by atoms with E-state index in [1.165, 1.54) is 37.7 Å². The molecule has 1 saturated carbocycles. The maximum atomic E-state index is 10.6. The van der Waals surface area contributed by atoms with Crippen LogP contribution in [0.2, 0.25) is 0 Å². The molecule has 4 nitrogen and oxygen atoms in total. The first-order valence-corrected chi connectivity index (χ1v) is 7.09. The van der Waals surface area contributed by atoms with Gasteiger partial charge in [-0.1, -0.05) is 37.8 Å². The minimum absolute atomic E-state index is 0.167. The van der Waals surface area contributed by atoms with Crippen molar-refractivity contribution in [1.29, 1.82) is 0 Å². The summed E-state index contributed by atoms with van der Waals surface area (Å²) in [5.74, 6) is 0.857. The number of rotatable bonds is 6. The van der Waals surface area contributed by atoms with Gasteiger partial charge < -0.3 is 5.32 Å².